The molecular formula is C24H28O5. The smallest absolute Gasteiger partial charge is 0.343 e. The zero-order valence-electron chi connectivity index (χ0n) is 17.7. The van der Waals surface area contributed by atoms with E-state index in [2.05, 4.69) is 0 Å². The lowest BCUT2D eigenvalue weighted by molar-refractivity contribution is -0.110. The number of allylic oxidation sites excluding steroid dienone is 4. The van der Waals surface area contributed by atoms with Gasteiger partial charge in [0.2, 0.25) is 0 Å². The van der Waals surface area contributed by atoms with E-state index >= 15 is 0 Å². The van der Waals surface area contributed by atoms with Crippen LogP contribution in [0, 0.1) is 0 Å². The second-order valence-corrected chi connectivity index (χ2v) is 8.42. The van der Waals surface area contributed by atoms with E-state index in [1.807, 2.05) is 34.6 Å². The Morgan fingerprint density at radius 1 is 1.24 bits per heavy atom. The molecule has 0 spiro atoms. The number of carbonyl (C=O) groups excluding carboxylic acids is 1. The summed E-state index contributed by atoms with van der Waals surface area (Å²) in [4.78, 5) is 24.4. The first-order valence-electron chi connectivity index (χ1n) is 9.95. The van der Waals surface area contributed by atoms with Gasteiger partial charge in [0.05, 0.1) is 10.9 Å². The number of benzene rings is 1. The summed E-state index contributed by atoms with van der Waals surface area (Å²) < 4.78 is 11.7. The average molecular weight is 396 g/mol. The van der Waals surface area contributed by atoms with E-state index in [1.165, 1.54) is 6.07 Å². The van der Waals surface area contributed by atoms with Crippen molar-refractivity contribution in [3.8, 4) is 11.5 Å². The van der Waals surface area contributed by atoms with Gasteiger partial charge < -0.3 is 14.3 Å². The van der Waals surface area contributed by atoms with Gasteiger partial charge in [-0.3, -0.25) is 4.79 Å². The lowest BCUT2D eigenvalue weighted by Gasteiger charge is -2.28. The topological polar surface area (TPSA) is 76.7 Å². The molecule has 2 heterocycles. The summed E-state index contributed by atoms with van der Waals surface area (Å²) in [6.07, 6.45) is 5.67. The van der Waals surface area contributed by atoms with Crippen molar-refractivity contribution in [3.63, 3.8) is 0 Å². The molecule has 0 saturated carbocycles. The number of hydrogen-bond donors (Lipinski definition) is 1. The van der Waals surface area contributed by atoms with Crippen molar-refractivity contribution in [1.82, 2.24) is 0 Å². The molecule has 0 saturated heterocycles. The Hall–Kier alpha value is -2.82. The molecule has 1 aromatic heterocycles. The molecule has 0 aliphatic carbocycles. The molecule has 0 bridgehead atoms. The molecule has 1 aliphatic heterocycles. The fourth-order valence-corrected chi connectivity index (χ4v) is 3.91. The Morgan fingerprint density at radius 3 is 2.66 bits per heavy atom. The van der Waals surface area contributed by atoms with Crippen LogP contribution in [0.5, 0.6) is 11.5 Å². The molecule has 3 rings (SSSR count). The van der Waals surface area contributed by atoms with Crippen LogP contribution in [0.4, 0.5) is 0 Å². The summed E-state index contributed by atoms with van der Waals surface area (Å²) in [5, 5.41) is 10.4. The van der Waals surface area contributed by atoms with Crippen molar-refractivity contribution in [3.05, 3.63) is 57.5 Å². The minimum Gasteiger partial charge on any atom is -0.508 e. The van der Waals surface area contributed by atoms with Crippen molar-refractivity contribution in [1.29, 1.82) is 0 Å². The number of rotatable bonds is 6. The molecule has 5 heteroatoms. The maximum Gasteiger partial charge on any atom is 0.343 e. The maximum atomic E-state index is 12.5. The Labute approximate surface area is 170 Å². The minimum atomic E-state index is -0.534. The van der Waals surface area contributed by atoms with Gasteiger partial charge in [-0.2, -0.15) is 0 Å². The quantitative estimate of drug-likeness (QED) is 0.522. The van der Waals surface area contributed by atoms with E-state index in [-0.39, 0.29) is 17.5 Å². The largest absolute Gasteiger partial charge is 0.508 e. The highest BCUT2D eigenvalue weighted by Crippen LogP contribution is 2.48. The summed E-state index contributed by atoms with van der Waals surface area (Å²) in [5.74, 6) is 0.485. The first-order chi connectivity index (χ1) is 13.6. The third-order valence-corrected chi connectivity index (χ3v) is 5.63. The second-order valence-electron chi connectivity index (χ2n) is 8.42. The Balaban J connectivity index is 1.77. The summed E-state index contributed by atoms with van der Waals surface area (Å²) >= 11 is 0. The van der Waals surface area contributed by atoms with Crippen molar-refractivity contribution < 1.29 is 19.1 Å². The predicted molar refractivity (Wildman–Crippen MR) is 114 cm³/mol. The van der Waals surface area contributed by atoms with E-state index in [0.717, 1.165) is 30.4 Å². The average Bonchev–Trinajstić information content (AvgIpc) is 2.86. The minimum absolute atomic E-state index is 0.0129. The molecule has 2 aromatic rings. The molecule has 0 fully saturated rings. The van der Waals surface area contributed by atoms with Crippen LogP contribution in [0.2, 0.25) is 0 Å². The van der Waals surface area contributed by atoms with Crippen LogP contribution in [-0.2, 0) is 4.79 Å². The van der Waals surface area contributed by atoms with E-state index < -0.39 is 11.2 Å². The van der Waals surface area contributed by atoms with E-state index in [9.17, 15) is 14.7 Å². The molecule has 1 N–H and O–H groups in total. The Bertz CT molecular complexity index is 1070. The highest BCUT2D eigenvalue weighted by atomic mass is 16.5. The second kappa shape index (κ2) is 7.90. The van der Waals surface area contributed by atoms with Crippen LogP contribution in [0.25, 0.3) is 11.0 Å². The van der Waals surface area contributed by atoms with Gasteiger partial charge in [-0.05, 0) is 71.2 Å². The number of phenols is 1. The SMILES string of the molecule is CC(C)=CC(=O)/C=C(/C)CCC[C@@]1(C)Oc2c(c(=O)oc3cc(O)ccc23)[C@@H]1C. The number of hydrogen-bond acceptors (Lipinski definition) is 5. The van der Waals surface area contributed by atoms with E-state index in [0.29, 0.717) is 22.3 Å². The maximum absolute atomic E-state index is 12.5. The third-order valence-electron chi connectivity index (χ3n) is 5.63. The number of ether oxygens (including phenoxy) is 1. The Kier molecular flexibility index (Phi) is 5.69. The fraction of sp³-hybridized carbons (Fsp3) is 0.417. The van der Waals surface area contributed by atoms with Crippen LogP contribution in [0.1, 0.15) is 65.4 Å². The molecule has 29 heavy (non-hydrogen) atoms. The first-order valence-corrected chi connectivity index (χ1v) is 9.95. The van der Waals surface area contributed by atoms with Gasteiger partial charge in [0.25, 0.3) is 0 Å². The predicted octanol–water partition coefficient (Wildman–Crippen LogP) is 5.41. The molecule has 0 radical (unpaired) electrons. The van der Waals surface area contributed by atoms with Crippen molar-refractivity contribution in [2.24, 2.45) is 0 Å². The zero-order valence-corrected chi connectivity index (χ0v) is 17.7. The lowest BCUT2D eigenvalue weighted by Crippen LogP contribution is -2.33. The first kappa shape index (κ1) is 20.9. The van der Waals surface area contributed by atoms with Crippen LogP contribution in [-0.4, -0.2) is 16.5 Å². The summed E-state index contributed by atoms with van der Waals surface area (Å²) in [6, 6.07) is 4.70. The molecule has 5 nitrogen and oxygen atoms in total. The van der Waals surface area contributed by atoms with Gasteiger partial charge in [0.1, 0.15) is 22.7 Å². The molecule has 0 amide bonds. The van der Waals surface area contributed by atoms with Gasteiger partial charge in [0, 0.05) is 12.0 Å². The number of carbonyl (C=O) groups is 1. The van der Waals surface area contributed by atoms with Crippen LogP contribution in [0.15, 0.2) is 50.7 Å². The van der Waals surface area contributed by atoms with Gasteiger partial charge in [0.15, 0.2) is 5.78 Å². The highest BCUT2D eigenvalue weighted by Gasteiger charge is 2.44. The highest BCUT2D eigenvalue weighted by molar-refractivity contribution is 6.00. The summed E-state index contributed by atoms with van der Waals surface area (Å²) in [6.45, 7) is 9.76. The molecule has 0 unspecified atom stereocenters. The van der Waals surface area contributed by atoms with Crippen molar-refractivity contribution >= 4 is 16.8 Å². The van der Waals surface area contributed by atoms with Crippen molar-refractivity contribution in [2.75, 3.05) is 0 Å². The summed E-state index contributed by atoms with van der Waals surface area (Å²) in [5.41, 5.74) is 1.93. The van der Waals surface area contributed by atoms with Gasteiger partial charge in [-0.1, -0.05) is 18.1 Å². The van der Waals surface area contributed by atoms with Gasteiger partial charge in [-0.25, -0.2) is 4.79 Å². The molecule has 1 aromatic carbocycles. The summed E-state index contributed by atoms with van der Waals surface area (Å²) in [7, 11) is 0. The van der Waals surface area contributed by atoms with Crippen LogP contribution >= 0.6 is 0 Å². The fourth-order valence-electron chi connectivity index (χ4n) is 3.91. The molecule has 2 atom stereocenters. The Morgan fingerprint density at radius 2 is 1.97 bits per heavy atom. The molecule has 154 valence electrons. The molecular weight excluding hydrogens is 368 g/mol. The monoisotopic (exact) mass is 396 g/mol. The standard InChI is InChI=1S/C24H28O5/c1-14(2)11-18(26)12-15(3)7-6-10-24(5)16(4)21-22(29-24)19-9-8-17(25)13-20(19)28-23(21)27/h8-9,11-13,16,25H,6-7,10H2,1-5H3/b15-12-/t16-,24+/m0/s1. The van der Waals surface area contributed by atoms with Crippen LogP contribution in [0.3, 0.4) is 0 Å². The normalized spacial score (nSPS) is 21.0. The van der Waals surface area contributed by atoms with E-state index in [4.69, 9.17) is 9.15 Å². The van der Waals surface area contributed by atoms with Gasteiger partial charge in [-0.15, -0.1) is 0 Å². The number of phenolic OH excluding ortho intramolecular Hbond substituents is 1. The number of aromatic hydroxyl groups is 1. The lowest BCUT2D eigenvalue weighted by atomic mass is 9.83. The van der Waals surface area contributed by atoms with Crippen molar-refractivity contribution in [2.45, 2.75) is 65.4 Å². The zero-order chi connectivity index (χ0) is 21.3. The number of fused-ring (bicyclic) bond motifs is 3. The third kappa shape index (κ3) is 4.29. The van der Waals surface area contributed by atoms with E-state index in [1.54, 1.807) is 24.3 Å². The van der Waals surface area contributed by atoms with Crippen LogP contribution < -0.4 is 10.4 Å². The van der Waals surface area contributed by atoms with Gasteiger partial charge >= 0.3 is 5.63 Å². The number of ketones is 1. The molecule has 1 aliphatic rings.